The fourth-order valence-corrected chi connectivity index (χ4v) is 1.91. The first-order valence-corrected chi connectivity index (χ1v) is 7.06. The van der Waals surface area contributed by atoms with Crippen molar-refractivity contribution in [2.24, 2.45) is 5.10 Å². The van der Waals surface area contributed by atoms with Gasteiger partial charge in [0, 0.05) is 0 Å². The van der Waals surface area contributed by atoms with Crippen molar-refractivity contribution in [3.05, 3.63) is 54.1 Å². The van der Waals surface area contributed by atoms with Crippen LogP contribution in [0.5, 0.6) is 11.5 Å². The molecule has 0 aliphatic rings. The summed E-state index contributed by atoms with van der Waals surface area (Å²) in [5, 5.41) is 6.92. The first-order valence-electron chi connectivity index (χ1n) is 7.06. The largest absolute Gasteiger partial charge is 0.497 e. The Bertz CT molecular complexity index is 686. The number of nitrogens with zero attached hydrogens (tertiary/aromatic N) is 1. The van der Waals surface area contributed by atoms with Crippen molar-refractivity contribution in [1.29, 1.82) is 0 Å². The topological polar surface area (TPSA) is 72.0 Å². The number of amides is 1. The lowest BCUT2D eigenvalue weighted by atomic mass is 10.2. The summed E-state index contributed by atoms with van der Waals surface area (Å²) in [4.78, 5) is 11.8. The van der Waals surface area contributed by atoms with Crippen molar-refractivity contribution in [2.75, 3.05) is 26.1 Å². The molecule has 0 saturated heterocycles. The number of hydrogen-bond acceptors (Lipinski definition) is 5. The number of ether oxygens (including phenoxy) is 2. The first kappa shape index (κ1) is 16.4. The molecule has 2 aromatic rings. The van der Waals surface area contributed by atoms with Gasteiger partial charge in [-0.1, -0.05) is 24.3 Å². The zero-order valence-electron chi connectivity index (χ0n) is 13.1. The van der Waals surface area contributed by atoms with Gasteiger partial charge in [0.15, 0.2) is 0 Å². The molecule has 0 saturated carbocycles. The van der Waals surface area contributed by atoms with Gasteiger partial charge < -0.3 is 14.8 Å². The standard InChI is InChI=1S/C17H19N3O3/c1-22-14-7-5-6-13(10-14)11-19-20-17(21)12-18-15-8-3-4-9-16(15)23-2/h3-11,18H,12H2,1-2H3,(H,20,21). The second-order valence-electron chi connectivity index (χ2n) is 4.62. The number of para-hydroxylation sites is 2. The summed E-state index contributed by atoms with van der Waals surface area (Å²) in [5.74, 6) is 1.16. The number of rotatable bonds is 7. The van der Waals surface area contributed by atoms with Crippen LogP contribution in [-0.4, -0.2) is 32.9 Å². The monoisotopic (exact) mass is 313 g/mol. The zero-order chi connectivity index (χ0) is 16.5. The molecule has 0 atom stereocenters. The van der Waals surface area contributed by atoms with Crippen LogP contribution in [0.15, 0.2) is 53.6 Å². The van der Waals surface area contributed by atoms with E-state index in [2.05, 4.69) is 15.8 Å². The molecule has 0 radical (unpaired) electrons. The molecule has 2 N–H and O–H groups in total. The predicted octanol–water partition coefficient (Wildman–Crippen LogP) is 2.27. The molecule has 120 valence electrons. The summed E-state index contributed by atoms with van der Waals surface area (Å²) in [6, 6.07) is 14.8. The van der Waals surface area contributed by atoms with E-state index >= 15 is 0 Å². The zero-order valence-corrected chi connectivity index (χ0v) is 13.1. The number of hydrogen-bond donors (Lipinski definition) is 2. The minimum atomic E-state index is -0.255. The molecule has 6 nitrogen and oxygen atoms in total. The van der Waals surface area contributed by atoms with Gasteiger partial charge in [-0.05, 0) is 29.8 Å². The average molecular weight is 313 g/mol. The third-order valence-corrected chi connectivity index (χ3v) is 3.04. The molecule has 0 heterocycles. The second kappa shape index (κ2) is 8.43. The van der Waals surface area contributed by atoms with Gasteiger partial charge in [-0.3, -0.25) is 4.79 Å². The summed E-state index contributed by atoms with van der Waals surface area (Å²) in [7, 11) is 3.18. The van der Waals surface area contributed by atoms with E-state index < -0.39 is 0 Å². The van der Waals surface area contributed by atoms with E-state index in [9.17, 15) is 4.79 Å². The van der Waals surface area contributed by atoms with Crippen molar-refractivity contribution in [1.82, 2.24) is 5.43 Å². The summed E-state index contributed by atoms with van der Waals surface area (Å²) in [6.45, 7) is 0.0931. The van der Waals surface area contributed by atoms with Gasteiger partial charge in [0.05, 0.1) is 32.7 Å². The van der Waals surface area contributed by atoms with E-state index in [0.29, 0.717) is 5.75 Å². The van der Waals surface area contributed by atoms with Crippen molar-refractivity contribution >= 4 is 17.8 Å². The van der Waals surface area contributed by atoms with Crippen molar-refractivity contribution in [3.8, 4) is 11.5 Å². The smallest absolute Gasteiger partial charge is 0.259 e. The van der Waals surface area contributed by atoms with E-state index in [-0.39, 0.29) is 12.5 Å². The quantitative estimate of drug-likeness (QED) is 0.607. The number of anilines is 1. The van der Waals surface area contributed by atoms with Crippen molar-refractivity contribution in [3.63, 3.8) is 0 Å². The van der Waals surface area contributed by atoms with Crippen molar-refractivity contribution < 1.29 is 14.3 Å². The van der Waals surface area contributed by atoms with Gasteiger partial charge in [-0.25, -0.2) is 5.43 Å². The van der Waals surface area contributed by atoms with E-state index in [1.807, 2.05) is 48.5 Å². The maximum atomic E-state index is 11.8. The highest BCUT2D eigenvalue weighted by atomic mass is 16.5. The fraction of sp³-hybridized carbons (Fsp3) is 0.176. The lowest BCUT2D eigenvalue weighted by Gasteiger charge is -2.09. The third kappa shape index (κ3) is 5.03. The van der Waals surface area contributed by atoms with E-state index in [4.69, 9.17) is 9.47 Å². The number of carbonyl (C=O) groups is 1. The minimum absolute atomic E-state index is 0.0931. The van der Waals surface area contributed by atoms with Crippen LogP contribution < -0.4 is 20.2 Å². The third-order valence-electron chi connectivity index (χ3n) is 3.04. The Morgan fingerprint density at radius 2 is 1.96 bits per heavy atom. The van der Waals surface area contributed by atoms with Gasteiger partial charge in [0.2, 0.25) is 0 Å². The molecule has 0 aromatic heterocycles. The van der Waals surface area contributed by atoms with Gasteiger partial charge in [0.1, 0.15) is 11.5 Å². The summed E-state index contributed by atoms with van der Waals surface area (Å²) in [5.41, 5.74) is 4.05. The Hall–Kier alpha value is -3.02. The highest BCUT2D eigenvalue weighted by molar-refractivity contribution is 5.84. The normalized spacial score (nSPS) is 10.3. The molecule has 0 unspecified atom stereocenters. The van der Waals surface area contributed by atoms with Gasteiger partial charge in [-0.2, -0.15) is 5.10 Å². The summed E-state index contributed by atoms with van der Waals surface area (Å²) >= 11 is 0. The molecule has 0 spiro atoms. The summed E-state index contributed by atoms with van der Waals surface area (Å²) in [6.07, 6.45) is 1.56. The van der Waals surface area contributed by atoms with E-state index in [1.54, 1.807) is 20.4 Å². The average Bonchev–Trinajstić information content (AvgIpc) is 2.60. The second-order valence-corrected chi connectivity index (χ2v) is 4.62. The summed E-state index contributed by atoms with van der Waals surface area (Å²) < 4.78 is 10.3. The number of nitrogens with one attached hydrogen (secondary N) is 2. The molecular formula is C17H19N3O3. The van der Waals surface area contributed by atoms with E-state index in [1.165, 1.54) is 0 Å². The van der Waals surface area contributed by atoms with Crippen LogP contribution in [0.2, 0.25) is 0 Å². The SMILES string of the molecule is COc1cccc(C=NNC(=O)CNc2ccccc2OC)c1. The number of benzene rings is 2. The Labute approximate surface area is 135 Å². The number of carbonyl (C=O) groups excluding carboxylic acids is 1. The van der Waals surface area contributed by atoms with Crippen LogP contribution in [0.3, 0.4) is 0 Å². The molecule has 0 aliphatic heterocycles. The van der Waals surface area contributed by atoms with E-state index in [0.717, 1.165) is 17.0 Å². The maximum absolute atomic E-state index is 11.8. The highest BCUT2D eigenvalue weighted by Crippen LogP contribution is 2.22. The Balaban J connectivity index is 1.84. The van der Waals surface area contributed by atoms with Gasteiger partial charge >= 0.3 is 0 Å². The van der Waals surface area contributed by atoms with Gasteiger partial charge in [-0.15, -0.1) is 0 Å². The lowest BCUT2D eigenvalue weighted by Crippen LogP contribution is -2.26. The minimum Gasteiger partial charge on any atom is -0.497 e. The Morgan fingerprint density at radius 3 is 2.74 bits per heavy atom. The van der Waals surface area contributed by atoms with Crippen LogP contribution in [-0.2, 0) is 4.79 Å². The van der Waals surface area contributed by atoms with Crippen LogP contribution in [0.25, 0.3) is 0 Å². The molecule has 2 rings (SSSR count). The van der Waals surface area contributed by atoms with Crippen LogP contribution in [0, 0.1) is 0 Å². The molecule has 1 amide bonds. The molecule has 23 heavy (non-hydrogen) atoms. The van der Waals surface area contributed by atoms with Crippen LogP contribution in [0.4, 0.5) is 5.69 Å². The molecule has 2 aromatic carbocycles. The number of methoxy groups -OCH3 is 2. The highest BCUT2D eigenvalue weighted by Gasteiger charge is 2.03. The van der Waals surface area contributed by atoms with Crippen LogP contribution >= 0.6 is 0 Å². The molecular weight excluding hydrogens is 294 g/mol. The predicted molar refractivity (Wildman–Crippen MR) is 90.2 cm³/mol. The van der Waals surface area contributed by atoms with Crippen LogP contribution in [0.1, 0.15) is 5.56 Å². The van der Waals surface area contributed by atoms with Gasteiger partial charge in [0.25, 0.3) is 5.91 Å². The molecule has 0 bridgehead atoms. The molecule has 6 heteroatoms. The molecule has 0 aliphatic carbocycles. The lowest BCUT2D eigenvalue weighted by molar-refractivity contribution is -0.119. The maximum Gasteiger partial charge on any atom is 0.259 e. The Morgan fingerprint density at radius 1 is 1.13 bits per heavy atom. The van der Waals surface area contributed by atoms with Crippen molar-refractivity contribution in [2.45, 2.75) is 0 Å². The molecule has 0 fully saturated rings. The number of hydrazone groups is 1. The first-order chi connectivity index (χ1) is 11.2. The Kier molecular flexibility index (Phi) is 5.99. The fourth-order valence-electron chi connectivity index (χ4n) is 1.91.